The molecule has 3 nitrogen and oxygen atoms in total. The van der Waals surface area contributed by atoms with E-state index < -0.39 is 0 Å². The predicted molar refractivity (Wildman–Crippen MR) is 19.3 cm³/mol. The van der Waals surface area contributed by atoms with Crippen molar-refractivity contribution in [2.45, 2.75) is 0 Å². The van der Waals surface area contributed by atoms with E-state index in [1.54, 1.807) is 6.07 Å². The molecule has 0 rings (SSSR count). The number of hydrogen-bond acceptors (Lipinski definition) is 2. The number of nitrogens with one attached hydrogen (secondary N) is 1. The van der Waals surface area contributed by atoms with Crippen LogP contribution in [0.5, 0.6) is 0 Å². The molecule has 1 N–H and O–H groups in total. The summed E-state index contributed by atoms with van der Waals surface area (Å²) >= 11 is 0. The average Bonchev–Trinajstić information content (AvgIpc) is 1.61. The van der Waals surface area contributed by atoms with E-state index >= 15 is 0 Å². The zero-order chi connectivity index (χ0) is 4.83. The fraction of sp³-hybridized carbons (Fsp3) is 0.333. The van der Waals surface area contributed by atoms with E-state index in [0.717, 1.165) is 0 Å². The van der Waals surface area contributed by atoms with Crippen molar-refractivity contribution in [2.24, 2.45) is 0 Å². The van der Waals surface area contributed by atoms with Gasteiger partial charge in [0.2, 0.25) is 0 Å². The van der Waals surface area contributed by atoms with Crippen molar-refractivity contribution >= 4 is 6.41 Å². The maximum atomic E-state index is 9.18. The van der Waals surface area contributed by atoms with Crippen molar-refractivity contribution in [3.8, 4) is 6.07 Å². The number of nitriles is 1. The summed E-state index contributed by atoms with van der Waals surface area (Å²) < 4.78 is 0. The Morgan fingerprint density at radius 1 is 1.83 bits per heavy atom. The van der Waals surface area contributed by atoms with E-state index in [2.05, 4.69) is 0 Å². The summed E-state index contributed by atoms with van der Waals surface area (Å²) in [6.07, 6.45) is 1.35. The van der Waals surface area contributed by atoms with Gasteiger partial charge in [0.05, 0.1) is 6.07 Å². The lowest BCUT2D eigenvalue weighted by molar-refractivity contribution is 0.546. The highest BCUT2D eigenvalue weighted by atomic mass is 16.1. The van der Waals surface area contributed by atoms with Gasteiger partial charge in [0.1, 0.15) is 6.54 Å². The molecule has 31 valence electrons. The van der Waals surface area contributed by atoms with Crippen LogP contribution in [0.2, 0.25) is 0 Å². The van der Waals surface area contributed by atoms with Gasteiger partial charge in [-0.05, 0) is 0 Å². The molecule has 6 heavy (non-hydrogen) atoms. The lowest BCUT2D eigenvalue weighted by Gasteiger charge is -1.74. The number of amides is 1. The van der Waals surface area contributed by atoms with Crippen molar-refractivity contribution in [2.75, 3.05) is 6.54 Å². The van der Waals surface area contributed by atoms with Crippen molar-refractivity contribution in [3.63, 3.8) is 0 Å². The number of carbonyl (C=O) groups excluding carboxylic acids is 1. The molecule has 0 aliphatic carbocycles. The summed E-state index contributed by atoms with van der Waals surface area (Å²) in [5.74, 6) is 0. The molecule has 0 aromatic rings. The summed E-state index contributed by atoms with van der Waals surface area (Å²) in [6.45, 7) is 0.0451. The molecule has 0 unspecified atom stereocenters. The van der Waals surface area contributed by atoms with Gasteiger partial charge < -0.3 is 5.32 Å². The Morgan fingerprint density at radius 2 is 2.50 bits per heavy atom. The van der Waals surface area contributed by atoms with E-state index in [4.69, 9.17) is 5.26 Å². The van der Waals surface area contributed by atoms with Gasteiger partial charge in [-0.3, -0.25) is 4.79 Å². The standard InChI is InChI=1S/C3H3N2O/c4-1-2-5-3-6/h2H2,(H,5,6). The molecule has 0 aliphatic heterocycles. The van der Waals surface area contributed by atoms with Gasteiger partial charge in [0.25, 0.3) is 0 Å². The number of nitrogens with zero attached hydrogens (tertiary/aromatic N) is 1. The smallest absolute Gasteiger partial charge is 0.310 e. The average molecular weight is 83.1 g/mol. The van der Waals surface area contributed by atoms with Crippen LogP contribution in [0.1, 0.15) is 0 Å². The van der Waals surface area contributed by atoms with E-state index in [9.17, 15) is 4.79 Å². The fourth-order valence-electron chi connectivity index (χ4n) is 0.0756. The normalized spacial score (nSPS) is 5.83. The Hall–Kier alpha value is -1.04. The molecular formula is C3H3N2O. The van der Waals surface area contributed by atoms with Crippen molar-refractivity contribution in [1.82, 2.24) is 5.32 Å². The van der Waals surface area contributed by atoms with Crippen molar-refractivity contribution < 1.29 is 4.79 Å². The summed E-state index contributed by atoms with van der Waals surface area (Å²) in [4.78, 5) is 9.18. The molecule has 0 bridgehead atoms. The van der Waals surface area contributed by atoms with Crippen LogP contribution in [0.3, 0.4) is 0 Å². The van der Waals surface area contributed by atoms with Crippen molar-refractivity contribution in [3.05, 3.63) is 0 Å². The highest BCUT2D eigenvalue weighted by Crippen LogP contribution is 1.40. The Kier molecular flexibility index (Phi) is 3.27. The third kappa shape index (κ3) is 2.96. The van der Waals surface area contributed by atoms with Gasteiger partial charge in [-0.15, -0.1) is 0 Å². The van der Waals surface area contributed by atoms with E-state index in [-0.39, 0.29) is 6.54 Å². The Labute approximate surface area is 35.6 Å². The molecule has 1 radical (unpaired) electrons. The van der Waals surface area contributed by atoms with Crippen LogP contribution in [-0.4, -0.2) is 13.0 Å². The molecule has 0 heterocycles. The molecule has 0 aliphatic rings. The van der Waals surface area contributed by atoms with Gasteiger partial charge in [-0.1, -0.05) is 0 Å². The number of rotatable bonds is 2. The van der Waals surface area contributed by atoms with E-state index in [1.165, 1.54) is 6.41 Å². The summed E-state index contributed by atoms with van der Waals surface area (Å²) in [5.41, 5.74) is 0. The van der Waals surface area contributed by atoms with Crippen LogP contribution in [0.15, 0.2) is 0 Å². The summed E-state index contributed by atoms with van der Waals surface area (Å²) in [5, 5.41) is 9.74. The zero-order valence-electron chi connectivity index (χ0n) is 3.06. The third-order valence-electron chi connectivity index (χ3n) is 0.240. The molecule has 0 aromatic heterocycles. The van der Waals surface area contributed by atoms with E-state index in [0.29, 0.717) is 0 Å². The molecule has 0 saturated heterocycles. The second kappa shape index (κ2) is 3.96. The van der Waals surface area contributed by atoms with Gasteiger partial charge in [0.15, 0.2) is 0 Å². The molecule has 0 saturated carbocycles. The summed E-state index contributed by atoms with van der Waals surface area (Å²) in [7, 11) is 0. The lowest BCUT2D eigenvalue weighted by atomic mass is 10.7. The maximum absolute atomic E-state index is 9.18. The Bertz CT molecular complexity index is 73.4. The van der Waals surface area contributed by atoms with Crippen molar-refractivity contribution in [1.29, 1.82) is 5.26 Å². The Morgan fingerprint density at radius 3 is 2.67 bits per heavy atom. The minimum atomic E-state index is 0.0451. The van der Waals surface area contributed by atoms with Crippen LogP contribution < -0.4 is 5.32 Å². The molecule has 0 atom stereocenters. The minimum Gasteiger partial charge on any atom is -0.335 e. The minimum absolute atomic E-state index is 0.0451. The highest BCUT2D eigenvalue weighted by molar-refractivity contribution is 5.47. The summed E-state index contributed by atoms with van der Waals surface area (Å²) in [6, 6.07) is 1.70. The monoisotopic (exact) mass is 83.0 g/mol. The van der Waals surface area contributed by atoms with Gasteiger partial charge in [-0.25, -0.2) is 0 Å². The first-order valence-corrected chi connectivity index (χ1v) is 1.38. The maximum Gasteiger partial charge on any atom is 0.310 e. The molecule has 0 aromatic carbocycles. The molecule has 3 heteroatoms. The second-order valence-electron chi connectivity index (χ2n) is 0.614. The first-order chi connectivity index (χ1) is 2.91. The zero-order valence-corrected chi connectivity index (χ0v) is 3.06. The highest BCUT2D eigenvalue weighted by Gasteiger charge is 1.69. The third-order valence-corrected chi connectivity index (χ3v) is 0.240. The van der Waals surface area contributed by atoms with Crippen LogP contribution in [0, 0.1) is 11.3 Å². The van der Waals surface area contributed by atoms with E-state index in [1.807, 2.05) is 5.32 Å². The first kappa shape index (κ1) is 4.96. The van der Waals surface area contributed by atoms with Gasteiger partial charge >= 0.3 is 6.41 Å². The molecule has 1 amide bonds. The SMILES string of the molecule is N#CCN[C]=O. The fourth-order valence-corrected chi connectivity index (χ4v) is 0.0756. The predicted octanol–water partition coefficient (Wildman–Crippen LogP) is -0.833. The van der Waals surface area contributed by atoms with Gasteiger partial charge in [0, 0.05) is 0 Å². The quantitative estimate of drug-likeness (QED) is 0.269. The molecule has 0 fully saturated rings. The van der Waals surface area contributed by atoms with Crippen LogP contribution in [0.25, 0.3) is 0 Å². The first-order valence-electron chi connectivity index (χ1n) is 1.38. The Balaban J connectivity index is 2.72. The number of hydrogen-bond donors (Lipinski definition) is 1. The van der Waals surface area contributed by atoms with Crippen LogP contribution in [-0.2, 0) is 4.79 Å². The lowest BCUT2D eigenvalue weighted by Crippen LogP contribution is -2.09. The second-order valence-corrected chi connectivity index (χ2v) is 0.614. The largest absolute Gasteiger partial charge is 0.335 e. The molecular weight excluding hydrogens is 80.0 g/mol. The van der Waals surface area contributed by atoms with Crippen LogP contribution >= 0.6 is 0 Å². The molecule has 0 spiro atoms. The topological polar surface area (TPSA) is 52.9 Å². The van der Waals surface area contributed by atoms with Gasteiger partial charge in [-0.2, -0.15) is 5.26 Å². The van der Waals surface area contributed by atoms with Crippen LogP contribution in [0.4, 0.5) is 0 Å².